The Balaban J connectivity index is 1.53. The van der Waals surface area contributed by atoms with E-state index in [-0.39, 0.29) is 29.0 Å². The van der Waals surface area contributed by atoms with E-state index in [4.69, 9.17) is 9.47 Å². The largest absolute Gasteiger partial charge is 0.394 e. The molecule has 8 nitrogen and oxygen atoms in total. The molecule has 4 rings (SSSR count). The minimum atomic E-state index is -1.44. The quantitative estimate of drug-likeness (QED) is 0.252. The fraction of sp³-hybridized carbons (Fsp3) is 0.923. The van der Waals surface area contributed by atoms with Gasteiger partial charge in [-0.2, -0.15) is 0 Å². The van der Waals surface area contributed by atoms with Crippen LogP contribution in [0.15, 0.2) is 11.6 Å². The molecular weight excluding hydrogens is 440 g/mol. The molecule has 9 unspecified atom stereocenters. The molecule has 0 bridgehead atoms. The molecule has 0 aromatic carbocycles. The summed E-state index contributed by atoms with van der Waals surface area (Å²) in [6.07, 6.45) is 0.468. The monoisotopic (exact) mass is 484 g/mol. The summed E-state index contributed by atoms with van der Waals surface area (Å²) >= 11 is 0. The maximum atomic E-state index is 10.5. The first-order valence-corrected chi connectivity index (χ1v) is 12.9. The van der Waals surface area contributed by atoms with Crippen LogP contribution in [-0.2, 0) is 9.47 Å². The molecule has 196 valence electrons. The Morgan fingerprint density at radius 3 is 2.35 bits per heavy atom. The van der Waals surface area contributed by atoms with Gasteiger partial charge in [0, 0.05) is 5.41 Å². The molecule has 0 aromatic rings. The molecule has 3 aliphatic carbocycles. The second-order valence-electron chi connectivity index (χ2n) is 12.3. The van der Waals surface area contributed by atoms with Crippen LogP contribution in [0.3, 0.4) is 0 Å². The first-order valence-electron chi connectivity index (χ1n) is 12.9. The first kappa shape index (κ1) is 26.5. The summed E-state index contributed by atoms with van der Waals surface area (Å²) < 4.78 is 11.9. The predicted octanol–water partition coefficient (Wildman–Crippen LogP) is 1.10. The van der Waals surface area contributed by atoms with E-state index in [1.165, 1.54) is 5.57 Å². The highest BCUT2D eigenvalue weighted by molar-refractivity contribution is 5.25. The van der Waals surface area contributed by atoms with Crippen molar-refractivity contribution in [1.82, 2.24) is 0 Å². The number of allylic oxidation sites excluding steroid dienone is 1. The van der Waals surface area contributed by atoms with Crippen molar-refractivity contribution in [2.45, 2.75) is 109 Å². The van der Waals surface area contributed by atoms with Gasteiger partial charge in [-0.1, -0.05) is 39.3 Å². The predicted molar refractivity (Wildman–Crippen MR) is 124 cm³/mol. The number of fused-ring (bicyclic) bond motifs is 3. The van der Waals surface area contributed by atoms with Gasteiger partial charge in [-0.3, -0.25) is 0 Å². The summed E-state index contributed by atoms with van der Waals surface area (Å²) in [6, 6.07) is 0. The van der Waals surface area contributed by atoms with Gasteiger partial charge in [-0.05, 0) is 61.2 Å². The van der Waals surface area contributed by atoms with Gasteiger partial charge in [-0.15, -0.1) is 0 Å². The van der Waals surface area contributed by atoms with E-state index < -0.39 is 43.4 Å². The van der Waals surface area contributed by atoms with Crippen LogP contribution in [0.2, 0.25) is 0 Å². The zero-order valence-electron chi connectivity index (χ0n) is 20.9. The van der Waals surface area contributed by atoms with Gasteiger partial charge in [0.15, 0.2) is 6.29 Å². The summed E-state index contributed by atoms with van der Waals surface area (Å²) in [6.45, 7) is 8.14. The summed E-state index contributed by atoms with van der Waals surface area (Å²) in [5, 5.41) is 60.2. The zero-order chi connectivity index (χ0) is 25.1. The maximum absolute atomic E-state index is 10.5. The van der Waals surface area contributed by atoms with Gasteiger partial charge in [0.05, 0.1) is 25.4 Å². The molecule has 1 heterocycles. The molecule has 11 atom stereocenters. The fourth-order valence-electron chi connectivity index (χ4n) is 7.79. The number of hydrogen-bond acceptors (Lipinski definition) is 8. The van der Waals surface area contributed by atoms with Crippen molar-refractivity contribution in [2.24, 2.45) is 28.1 Å². The topological polar surface area (TPSA) is 140 Å². The molecule has 0 aromatic heterocycles. The minimum Gasteiger partial charge on any atom is -0.394 e. The van der Waals surface area contributed by atoms with E-state index in [1.807, 2.05) is 6.92 Å². The molecule has 3 fully saturated rings. The van der Waals surface area contributed by atoms with Crippen LogP contribution in [0, 0.1) is 28.1 Å². The van der Waals surface area contributed by atoms with E-state index in [0.717, 1.165) is 38.5 Å². The van der Waals surface area contributed by atoms with Gasteiger partial charge in [-0.25, -0.2) is 0 Å². The molecule has 0 spiro atoms. The average Bonchev–Trinajstić information content (AvgIpc) is 2.80. The van der Waals surface area contributed by atoms with Crippen molar-refractivity contribution in [3.05, 3.63) is 11.6 Å². The Hall–Kier alpha value is -0.580. The Bertz CT molecular complexity index is 768. The van der Waals surface area contributed by atoms with Crippen molar-refractivity contribution < 1.29 is 40.1 Å². The van der Waals surface area contributed by atoms with E-state index >= 15 is 0 Å². The maximum Gasteiger partial charge on any atom is 0.186 e. The summed E-state index contributed by atoms with van der Waals surface area (Å²) in [4.78, 5) is 0. The number of hydrogen-bond donors (Lipinski definition) is 6. The second kappa shape index (κ2) is 9.38. The van der Waals surface area contributed by atoms with Gasteiger partial charge >= 0.3 is 0 Å². The second-order valence-corrected chi connectivity index (χ2v) is 12.3. The molecule has 0 amide bonds. The van der Waals surface area contributed by atoms with Gasteiger partial charge in [0.25, 0.3) is 0 Å². The SMILES string of the molecule is CC1(C)C(OC2OC(CO)C(O)C(O)C2O)CC[C@@]2(C)C3CC[C@](C)(C(O)CO)C=C3CCC12. The summed E-state index contributed by atoms with van der Waals surface area (Å²) in [5.41, 5.74) is 0.879. The average molecular weight is 485 g/mol. The lowest BCUT2D eigenvalue weighted by Gasteiger charge is -2.62. The van der Waals surface area contributed by atoms with E-state index in [2.05, 4.69) is 26.8 Å². The molecule has 2 saturated carbocycles. The standard InChI is InChI=1S/C26H44O8/c1-24(2)17-6-5-14-11-25(3,18(29)13-28)9-7-15(14)26(17,4)10-8-19(24)34-23-22(32)21(31)20(30)16(12-27)33-23/h11,15-23,27-32H,5-10,12-13H2,1-4H3/t15?,16?,17?,18?,19?,20?,21?,22?,23?,25-,26-/m0/s1. The number of ether oxygens (including phenoxy) is 2. The first-order chi connectivity index (χ1) is 15.9. The number of rotatable bonds is 5. The van der Waals surface area contributed by atoms with Crippen molar-refractivity contribution in [3.8, 4) is 0 Å². The number of aliphatic hydroxyl groups is 6. The Labute approximate surface area is 202 Å². The molecule has 0 radical (unpaired) electrons. The highest BCUT2D eigenvalue weighted by atomic mass is 16.7. The van der Waals surface area contributed by atoms with E-state index in [9.17, 15) is 30.6 Å². The van der Waals surface area contributed by atoms with Crippen molar-refractivity contribution in [3.63, 3.8) is 0 Å². The third-order valence-electron chi connectivity index (χ3n) is 10.0. The Kier molecular flexibility index (Phi) is 7.30. The Morgan fingerprint density at radius 2 is 1.71 bits per heavy atom. The minimum absolute atomic E-state index is 0.0777. The fourth-order valence-corrected chi connectivity index (χ4v) is 7.79. The lowest BCUT2D eigenvalue weighted by atomic mass is 9.45. The summed E-state index contributed by atoms with van der Waals surface area (Å²) in [7, 11) is 0. The molecular formula is C26H44O8. The lowest BCUT2D eigenvalue weighted by molar-refractivity contribution is -0.327. The molecule has 4 aliphatic rings. The van der Waals surface area contributed by atoms with E-state index in [1.54, 1.807) is 0 Å². The highest BCUT2D eigenvalue weighted by Crippen LogP contribution is 2.64. The van der Waals surface area contributed by atoms with Crippen LogP contribution in [0.4, 0.5) is 0 Å². The van der Waals surface area contributed by atoms with Crippen LogP contribution in [0.1, 0.15) is 66.2 Å². The highest BCUT2D eigenvalue weighted by Gasteiger charge is 2.59. The third kappa shape index (κ3) is 4.18. The molecule has 1 saturated heterocycles. The van der Waals surface area contributed by atoms with Gasteiger partial charge in [0.2, 0.25) is 0 Å². The van der Waals surface area contributed by atoms with Crippen LogP contribution in [-0.4, -0.2) is 86.8 Å². The van der Waals surface area contributed by atoms with Crippen molar-refractivity contribution in [1.29, 1.82) is 0 Å². The molecule has 6 N–H and O–H groups in total. The zero-order valence-corrected chi connectivity index (χ0v) is 20.9. The van der Waals surface area contributed by atoms with Gasteiger partial charge in [0.1, 0.15) is 24.4 Å². The molecule has 34 heavy (non-hydrogen) atoms. The molecule has 1 aliphatic heterocycles. The molecule has 8 heteroatoms. The normalized spacial score (nSPS) is 49.5. The van der Waals surface area contributed by atoms with Crippen LogP contribution >= 0.6 is 0 Å². The van der Waals surface area contributed by atoms with Crippen LogP contribution in [0.25, 0.3) is 0 Å². The number of aliphatic hydroxyl groups excluding tert-OH is 6. The van der Waals surface area contributed by atoms with E-state index in [0.29, 0.717) is 11.8 Å². The Morgan fingerprint density at radius 1 is 1.00 bits per heavy atom. The third-order valence-corrected chi connectivity index (χ3v) is 10.0. The van der Waals surface area contributed by atoms with Crippen LogP contribution in [0.5, 0.6) is 0 Å². The van der Waals surface area contributed by atoms with Crippen molar-refractivity contribution in [2.75, 3.05) is 13.2 Å². The van der Waals surface area contributed by atoms with Crippen molar-refractivity contribution >= 4 is 0 Å². The van der Waals surface area contributed by atoms with Crippen LogP contribution < -0.4 is 0 Å². The lowest BCUT2D eigenvalue weighted by Crippen LogP contribution is -2.62. The smallest absolute Gasteiger partial charge is 0.186 e. The van der Waals surface area contributed by atoms with Gasteiger partial charge < -0.3 is 40.1 Å². The summed E-state index contributed by atoms with van der Waals surface area (Å²) in [5.74, 6) is 0.801.